The number of rotatable bonds is 4. The maximum absolute atomic E-state index is 12.4. The summed E-state index contributed by atoms with van der Waals surface area (Å²) in [6, 6.07) is 17.4. The van der Waals surface area contributed by atoms with Gasteiger partial charge in [-0.1, -0.05) is 30.3 Å². The van der Waals surface area contributed by atoms with Crippen molar-refractivity contribution in [1.29, 1.82) is 0 Å². The minimum atomic E-state index is -0.485. The van der Waals surface area contributed by atoms with Gasteiger partial charge in [-0.3, -0.25) is 20.4 Å². The molecular weight excluding hydrogens is 320 g/mol. The molecule has 0 atom stereocenters. The number of hydrogen-bond donors (Lipinski definition) is 2. The lowest BCUT2D eigenvalue weighted by Crippen LogP contribution is -2.41. The zero-order valence-electron chi connectivity index (χ0n) is 13.5. The number of nitrogens with one attached hydrogen (secondary N) is 2. The van der Waals surface area contributed by atoms with Crippen LogP contribution in [0.4, 0.5) is 0 Å². The van der Waals surface area contributed by atoms with E-state index in [-0.39, 0.29) is 0 Å². The van der Waals surface area contributed by atoms with Crippen LogP contribution in [0, 0.1) is 6.92 Å². The van der Waals surface area contributed by atoms with E-state index < -0.39 is 11.8 Å². The van der Waals surface area contributed by atoms with E-state index in [1.807, 2.05) is 18.2 Å². The third kappa shape index (κ3) is 3.87. The second kappa shape index (κ2) is 7.35. The van der Waals surface area contributed by atoms with Gasteiger partial charge in [-0.05, 0) is 37.3 Å². The maximum atomic E-state index is 12.4. The van der Waals surface area contributed by atoms with E-state index in [1.54, 1.807) is 43.3 Å². The first-order valence-corrected chi connectivity index (χ1v) is 7.62. The van der Waals surface area contributed by atoms with Crippen LogP contribution in [-0.4, -0.2) is 11.8 Å². The van der Waals surface area contributed by atoms with Gasteiger partial charge in [0.25, 0.3) is 11.8 Å². The molecule has 0 aliphatic rings. The normalized spacial score (nSPS) is 10.1. The second-order valence-electron chi connectivity index (χ2n) is 5.21. The lowest BCUT2D eigenvalue weighted by atomic mass is 10.2. The highest BCUT2D eigenvalue weighted by atomic mass is 16.5. The zero-order chi connectivity index (χ0) is 17.6. The SMILES string of the molecule is Cc1occc1C(=O)NNC(=O)c1ccccc1Oc1ccccc1. The smallest absolute Gasteiger partial charge is 0.273 e. The van der Waals surface area contributed by atoms with Gasteiger partial charge in [-0.25, -0.2) is 0 Å². The van der Waals surface area contributed by atoms with E-state index in [1.165, 1.54) is 12.3 Å². The standard InChI is InChI=1S/C19H16N2O4/c1-13-15(11-12-24-13)18(22)20-21-19(23)16-9-5-6-10-17(16)25-14-7-3-2-4-8-14/h2-12H,1H3,(H,20,22)(H,21,23). The molecule has 2 N–H and O–H groups in total. The summed E-state index contributed by atoms with van der Waals surface area (Å²) < 4.78 is 10.8. The summed E-state index contributed by atoms with van der Waals surface area (Å²) in [6.07, 6.45) is 1.41. The van der Waals surface area contributed by atoms with Crippen LogP contribution in [0.25, 0.3) is 0 Å². The molecule has 1 aromatic heterocycles. The Labute approximate surface area is 144 Å². The molecule has 1 heterocycles. The van der Waals surface area contributed by atoms with Gasteiger partial charge >= 0.3 is 0 Å². The van der Waals surface area contributed by atoms with Gasteiger partial charge in [0.15, 0.2) is 0 Å². The van der Waals surface area contributed by atoms with Crippen molar-refractivity contribution >= 4 is 11.8 Å². The predicted octanol–water partition coefficient (Wildman–Crippen LogP) is 3.46. The molecular formula is C19H16N2O4. The number of hydrogen-bond acceptors (Lipinski definition) is 4. The summed E-state index contributed by atoms with van der Waals surface area (Å²) in [4.78, 5) is 24.4. The quantitative estimate of drug-likeness (QED) is 0.715. The summed E-state index contributed by atoms with van der Waals surface area (Å²) in [5.74, 6) is 0.530. The van der Waals surface area contributed by atoms with E-state index in [2.05, 4.69) is 10.9 Å². The Balaban J connectivity index is 1.70. The van der Waals surface area contributed by atoms with Crippen LogP contribution in [0.1, 0.15) is 26.5 Å². The van der Waals surface area contributed by atoms with E-state index >= 15 is 0 Å². The van der Waals surface area contributed by atoms with Crippen molar-refractivity contribution in [3.63, 3.8) is 0 Å². The highest BCUT2D eigenvalue weighted by Gasteiger charge is 2.16. The molecule has 25 heavy (non-hydrogen) atoms. The lowest BCUT2D eigenvalue weighted by Gasteiger charge is -2.12. The number of hydrazine groups is 1. The van der Waals surface area contributed by atoms with Crippen LogP contribution in [0.5, 0.6) is 11.5 Å². The molecule has 126 valence electrons. The zero-order valence-corrected chi connectivity index (χ0v) is 13.5. The fraction of sp³-hybridized carbons (Fsp3) is 0.0526. The van der Waals surface area contributed by atoms with Gasteiger partial charge in [-0.15, -0.1) is 0 Å². The molecule has 0 fully saturated rings. The highest BCUT2D eigenvalue weighted by Crippen LogP contribution is 2.24. The van der Waals surface area contributed by atoms with Gasteiger partial charge in [0, 0.05) is 0 Å². The van der Waals surface area contributed by atoms with Crippen molar-refractivity contribution in [3.05, 3.63) is 83.8 Å². The highest BCUT2D eigenvalue weighted by molar-refractivity contribution is 6.00. The van der Waals surface area contributed by atoms with Gasteiger partial charge in [0.05, 0.1) is 17.4 Å². The number of furan rings is 1. The Morgan fingerprint density at radius 2 is 1.48 bits per heavy atom. The van der Waals surface area contributed by atoms with Gasteiger partial charge in [-0.2, -0.15) is 0 Å². The summed E-state index contributed by atoms with van der Waals surface area (Å²) in [5, 5.41) is 0. The molecule has 0 bridgehead atoms. The second-order valence-corrected chi connectivity index (χ2v) is 5.21. The van der Waals surface area contributed by atoms with Crippen LogP contribution >= 0.6 is 0 Å². The van der Waals surface area contributed by atoms with Crippen molar-refractivity contribution in [2.24, 2.45) is 0 Å². The third-order valence-corrected chi connectivity index (χ3v) is 3.50. The summed E-state index contributed by atoms with van der Waals surface area (Å²) >= 11 is 0. The number of aryl methyl sites for hydroxylation is 1. The summed E-state index contributed by atoms with van der Waals surface area (Å²) in [5.41, 5.74) is 5.40. The Kier molecular flexibility index (Phi) is 4.80. The minimum absolute atomic E-state index is 0.301. The number of carbonyl (C=O) groups excluding carboxylic acids is 2. The average molecular weight is 336 g/mol. The molecule has 0 saturated carbocycles. The van der Waals surface area contributed by atoms with Crippen LogP contribution in [0.2, 0.25) is 0 Å². The number of para-hydroxylation sites is 2. The molecule has 0 aliphatic heterocycles. The molecule has 0 unspecified atom stereocenters. The number of carbonyl (C=O) groups is 2. The molecule has 0 spiro atoms. The van der Waals surface area contributed by atoms with Crippen LogP contribution in [0.3, 0.4) is 0 Å². The van der Waals surface area contributed by atoms with E-state index in [4.69, 9.17) is 9.15 Å². The molecule has 6 nitrogen and oxygen atoms in total. The van der Waals surface area contributed by atoms with Crippen molar-refractivity contribution in [2.75, 3.05) is 0 Å². The fourth-order valence-electron chi connectivity index (χ4n) is 2.23. The number of benzene rings is 2. The fourth-order valence-corrected chi connectivity index (χ4v) is 2.23. The molecule has 2 amide bonds. The van der Waals surface area contributed by atoms with Crippen molar-refractivity contribution < 1.29 is 18.7 Å². The van der Waals surface area contributed by atoms with Gasteiger partial charge < -0.3 is 9.15 Å². The van der Waals surface area contributed by atoms with Gasteiger partial charge in [0.1, 0.15) is 17.3 Å². The molecule has 6 heteroatoms. The molecule has 2 aromatic carbocycles. The van der Waals surface area contributed by atoms with Crippen molar-refractivity contribution in [2.45, 2.75) is 6.92 Å². The topological polar surface area (TPSA) is 80.6 Å². The molecule has 3 rings (SSSR count). The average Bonchev–Trinajstić information content (AvgIpc) is 3.07. The van der Waals surface area contributed by atoms with Crippen LogP contribution in [0.15, 0.2) is 71.3 Å². The molecule has 3 aromatic rings. The number of ether oxygens (including phenoxy) is 1. The first kappa shape index (κ1) is 16.3. The first-order chi connectivity index (χ1) is 12.1. The lowest BCUT2D eigenvalue weighted by molar-refractivity contribution is 0.0844. The Morgan fingerprint density at radius 3 is 2.16 bits per heavy atom. The van der Waals surface area contributed by atoms with Crippen LogP contribution < -0.4 is 15.6 Å². The number of amides is 2. The van der Waals surface area contributed by atoms with E-state index in [0.29, 0.717) is 28.4 Å². The third-order valence-electron chi connectivity index (χ3n) is 3.50. The summed E-state index contributed by atoms with van der Waals surface area (Å²) in [7, 11) is 0. The Hall–Kier alpha value is -3.54. The van der Waals surface area contributed by atoms with Crippen molar-refractivity contribution in [3.8, 4) is 11.5 Å². The molecule has 0 saturated heterocycles. The molecule has 0 aliphatic carbocycles. The predicted molar refractivity (Wildman–Crippen MR) is 91.3 cm³/mol. The van der Waals surface area contributed by atoms with Crippen molar-refractivity contribution in [1.82, 2.24) is 10.9 Å². The van der Waals surface area contributed by atoms with E-state index in [0.717, 1.165) is 0 Å². The Morgan fingerprint density at radius 1 is 0.840 bits per heavy atom. The summed E-state index contributed by atoms with van der Waals surface area (Å²) in [6.45, 7) is 1.67. The van der Waals surface area contributed by atoms with E-state index in [9.17, 15) is 9.59 Å². The molecule has 0 radical (unpaired) electrons. The largest absolute Gasteiger partial charge is 0.469 e. The van der Waals surface area contributed by atoms with Crippen LogP contribution in [-0.2, 0) is 0 Å². The van der Waals surface area contributed by atoms with Gasteiger partial charge in [0.2, 0.25) is 0 Å². The Bertz CT molecular complexity index is 887. The monoisotopic (exact) mass is 336 g/mol. The first-order valence-electron chi connectivity index (χ1n) is 7.62. The maximum Gasteiger partial charge on any atom is 0.273 e. The minimum Gasteiger partial charge on any atom is -0.469 e.